The maximum absolute atomic E-state index is 12.3. The summed E-state index contributed by atoms with van der Waals surface area (Å²) in [6, 6.07) is 4.21. The molecule has 0 aliphatic heterocycles. The van der Waals surface area contributed by atoms with Crippen LogP contribution >= 0.6 is 0 Å². The minimum atomic E-state index is -4.83. The first-order chi connectivity index (χ1) is 8.12. The molecule has 0 bridgehead atoms. The SMILES string of the molecule is CC(C)(C)Oc1cccc(CO)c1OC(F)(F)F. The number of hydrogen-bond acceptors (Lipinski definition) is 3. The zero-order valence-electron chi connectivity index (χ0n) is 10.3. The lowest BCUT2D eigenvalue weighted by Crippen LogP contribution is -2.25. The minimum Gasteiger partial charge on any atom is -0.484 e. The smallest absolute Gasteiger partial charge is 0.484 e. The molecule has 0 unspecified atom stereocenters. The van der Waals surface area contributed by atoms with Crippen LogP contribution in [0.5, 0.6) is 11.5 Å². The van der Waals surface area contributed by atoms with E-state index in [0.29, 0.717) is 0 Å². The van der Waals surface area contributed by atoms with Gasteiger partial charge >= 0.3 is 6.36 Å². The first-order valence-corrected chi connectivity index (χ1v) is 5.30. The van der Waals surface area contributed by atoms with Crippen LogP contribution in [0.3, 0.4) is 0 Å². The molecule has 0 atom stereocenters. The summed E-state index contributed by atoms with van der Waals surface area (Å²) in [5, 5.41) is 9.04. The molecule has 1 rings (SSSR count). The fraction of sp³-hybridized carbons (Fsp3) is 0.500. The highest BCUT2D eigenvalue weighted by atomic mass is 19.4. The molecular formula is C12H15F3O3. The second kappa shape index (κ2) is 5.06. The van der Waals surface area contributed by atoms with Gasteiger partial charge < -0.3 is 14.6 Å². The van der Waals surface area contributed by atoms with Gasteiger partial charge in [0.25, 0.3) is 0 Å². The first kappa shape index (κ1) is 14.6. The normalized spacial score (nSPS) is 12.4. The summed E-state index contributed by atoms with van der Waals surface area (Å²) < 4.78 is 46.2. The van der Waals surface area contributed by atoms with Gasteiger partial charge in [0.1, 0.15) is 5.60 Å². The number of benzene rings is 1. The number of aliphatic hydroxyl groups is 1. The molecule has 6 heteroatoms. The van der Waals surface area contributed by atoms with Crippen LogP contribution in [0.1, 0.15) is 26.3 Å². The molecule has 102 valence electrons. The van der Waals surface area contributed by atoms with E-state index in [-0.39, 0.29) is 11.3 Å². The van der Waals surface area contributed by atoms with E-state index < -0.39 is 24.3 Å². The molecule has 0 heterocycles. The van der Waals surface area contributed by atoms with Crippen molar-refractivity contribution < 1.29 is 27.8 Å². The predicted molar refractivity (Wildman–Crippen MR) is 59.4 cm³/mol. The molecule has 0 spiro atoms. The molecule has 0 saturated carbocycles. The van der Waals surface area contributed by atoms with Crippen LogP contribution < -0.4 is 9.47 Å². The second-order valence-electron chi connectivity index (χ2n) is 4.66. The Bertz CT molecular complexity index is 408. The highest BCUT2D eigenvalue weighted by Gasteiger charge is 2.34. The molecule has 0 aliphatic rings. The summed E-state index contributed by atoms with van der Waals surface area (Å²) in [4.78, 5) is 0. The third-order valence-corrected chi connectivity index (χ3v) is 1.86. The number of aliphatic hydroxyl groups excluding tert-OH is 1. The lowest BCUT2D eigenvalue weighted by molar-refractivity contribution is -0.275. The monoisotopic (exact) mass is 264 g/mol. The summed E-state index contributed by atoms with van der Waals surface area (Å²) in [6.45, 7) is 4.55. The van der Waals surface area contributed by atoms with Crippen LogP contribution in [-0.2, 0) is 6.61 Å². The summed E-state index contributed by atoms with van der Waals surface area (Å²) in [5.41, 5.74) is -0.647. The van der Waals surface area contributed by atoms with E-state index in [0.717, 1.165) is 0 Å². The number of hydrogen-bond donors (Lipinski definition) is 1. The van der Waals surface area contributed by atoms with Crippen LogP contribution in [0.15, 0.2) is 18.2 Å². The van der Waals surface area contributed by atoms with E-state index in [1.165, 1.54) is 18.2 Å². The largest absolute Gasteiger partial charge is 0.573 e. The summed E-state index contributed by atoms with van der Waals surface area (Å²) in [6.07, 6.45) is -4.83. The summed E-state index contributed by atoms with van der Waals surface area (Å²) >= 11 is 0. The van der Waals surface area contributed by atoms with Crippen molar-refractivity contribution in [2.45, 2.75) is 39.3 Å². The highest BCUT2D eigenvalue weighted by molar-refractivity contribution is 5.46. The minimum absolute atomic E-state index is 0.0223. The maximum atomic E-state index is 12.3. The number of alkyl halides is 3. The predicted octanol–water partition coefficient (Wildman–Crippen LogP) is 3.25. The van der Waals surface area contributed by atoms with Gasteiger partial charge in [0, 0.05) is 5.56 Å². The van der Waals surface area contributed by atoms with Crippen molar-refractivity contribution in [3.05, 3.63) is 23.8 Å². The second-order valence-corrected chi connectivity index (χ2v) is 4.66. The molecule has 0 amide bonds. The average molecular weight is 264 g/mol. The van der Waals surface area contributed by atoms with Crippen molar-refractivity contribution in [1.82, 2.24) is 0 Å². The van der Waals surface area contributed by atoms with Gasteiger partial charge in [-0.3, -0.25) is 0 Å². The van der Waals surface area contributed by atoms with E-state index in [4.69, 9.17) is 9.84 Å². The molecular weight excluding hydrogens is 249 g/mol. The molecule has 0 aliphatic carbocycles. The molecule has 0 aromatic heterocycles. The summed E-state index contributed by atoms with van der Waals surface area (Å²) in [5.74, 6) is -0.547. The summed E-state index contributed by atoms with van der Waals surface area (Å²) in [7, 11) is 0. The van der Waals surface area contributed by atoms with E-state index in [1.54, 1.807) is 20.8 Å². The van der Waals surface area contributed by atoms with E-state index in [9.17, 15) is 13.2 Å². The molecule has 1 aromatic carbocycles. The van der Waals surface area contributed by atoms with Crippen molar-refractivity contribution in [3.63, 3.8) is 0 Å². The molecule has 1 aromatic rings. The van der Waals surface area contributed by atoms with Crippen LogP contribution in [-0.4, -0.2) is 17.1 Å². The Morgan fingerprint density at radius 3 is 2.17 bits per heavy atom. The molecule has 1 N–H and O–H groups in total. The zero-order valence-corrected chi connectivity index (χ0v) is 10.3. The standard InChI is InChI=1S/C12H15F3O3/c1-11(2,3)17-9-6-4-5-8(7-16)10(9)18-12(13,14)15/h4-6,16H,7H2,1-3H3. The van der Waals surface area contributed by atoms with E-state index in [1.807, 2.05) is 0 Å². The van der Waals surface area contributed by atoms with E-state index in [2.05, 4.69) is 4.74 Å². The van der Waals surface area contributed by atoms with Crippen LogP contribution in [0.4, 0.5) is 13.2 Å². The maximum Gasteiger partial charge on any atom is 0.573 e. The van der Waals surface area contributed by atoms with Gasteiger partial charge in [-0.05, 0) is 26.8 Å². The van der Waals surface area contributed by atoms with Crippen molar-refractivity contribution in [2.24, 2.45) is 0 Å². The fourth-order valence-electron chi connectivity index (χ4n) is 1.33. The third kappa shape index (κ3) is 4.44. The lowest BCUT2D eigenvalue weighted by atomic mass is 10.1. The lowest BCUT2D eigenvalue weighted by Gasteiger charge is -2.24. The number of para-hydroxylation sites is 1. The zero-order chi connectivity index (χ0) is 14.0. The highest BCUT2D eigenvalue weighted by Crippen LogP contribution is 2.37. The Balaban J connectivity index is 3.16. The number of ether oxygens (including phenoxy) is 2. The average Bonchev–Trinajstić information content (AvgIpc) is 2.16. The van der Waals surface area contributed by atoms with E-state index >= 15 is 0 Å². The Kier molecular flexibility index (Phi) is 4.11. The topological polar surface area (TPSA) is 38.7 Å². The molecule has 0 radical (unpaired) electrons. The molecule has 18 heavy (non-hydrogen) atoms. The van der Waals surface area contributed by atoms with Crippen molar-refractivity contribution in [2.75, 3.05) is 0 Å². The first-order valence-electron chi connectivity index (χ1n) is 5.30. The fourth-order valence-corrected chi connectivity index (χ4v) is 1.33. The number of halogens is 3. The molecule has 0 saturated heterocycles. The van der Waals surface area contributed by atoms with Crippen LogP contribution in [0, 0.1) is 0 Å². The van der Waals surface area contributed by atoms with Gasteiger partial charge in [0.2, 0.25) is 0 Å². The van der Waals surface area contributed by atoms with Gasteiger partial charge in [-0.15, -0.1) is 13.2 Å². The van der Waals surface area contributed by atoms with Gasteiger partial charge in [0.15, 0.2) is 11.5 Å². The Hall–Kier alpha value is -1.43. The van der Waals surface area contributed by atoms with Crippen LogP contribution in [0.25, 0.3) is 0 Å². The van der Waals surface area contributed by atoms with Gasteiger partial charge in [-0.1, -0.05) is 12.1 Å². The Morgan fingerprint density at radius 2 is 1.72 bits per heavy atom. The van der Waals surface area contributed by atoms with Crippen molar-refractivity contribution in [1.29, 1.82) is 0 Å². The van der Waals surface area contributed by atoms with Gasteiger partial charge in [-0.25, -0.2) is 0 Å². The number of rotatable bonds is 3. The van der Waals surface area contributed by atoms with Crippen molar-refractivity contribution >= 4 is 0 Å². The third-order valence-electron chi connectivity index (χ3n) is 1.86. The molecule has 3 nitrogen and oxygen atoms in total. The Morgan fingerprint density at radius 1 is 1.11 bits per heavy atom. The van der Waals surface area contributed by atoms with Crippen molar-refractivity contribution in [3.8, 4) is 11.5 Å². The molecule has 0 fully saturated rings. The van der Waals surface area contributed by atoms with Gasteiger partial charge in [-0.2, -0.15) is 0 Å². The van der Waals surface area contributed by atoms with Gasteiger partial charge in [0.05, 0.1) is 6.61 Å². The van der Waals surface area contributed by atoms with Crippen LogP contribution in [0.2, 0.25) is 0 Å². The quantitative estimate of drug-likeness (QED) is 0.910. The Labute approximate surface area is 103 Å².